The number of nitriles is 2. The maximum atomic E-state index is 10.4. The smallest absolute Gasteiger partial charge is 0.132 e. The fourth-order valence-corrected chi connectivity index (χ4v) is 5.89. The summed E-state index contributed by atoms with van der Waals surface area (Å²) in [4.78, 5) is 2.21. The molecule has 0 aromatic heterocycles. The van der Waals surface area contributed by atoms with Crippen LogP contribution in [0.15, 0.2) is 24.3 Å². The molecule has 2 N–H and O–H groups in total. The molecule has 4 nitrogen and oxygen atoms in total. The summed E-state index contributed by atoms with van der Waals surface area (Å²) in [5, 5.41) is 20.7. The molecular weight excluding hydrogens is 308 g/mol. The van der Waals surface area contributed by atoms with Crippen LogP contribution in [0.5, 0.6) is 0 Å². The Bertz CT molecular complexity index is 705. The fourth-order valence-electron chi connectivity index (χ4n) is 5.89. The van der Waals surface area contributed by atoms with Gasteiger partial charge in [-0.05, 0) is 56.1 Å². The van der Waals surface area contributed by atoms with E-state index in [0.717, 1.165) is 50.6 Å². The Labute approximate surface area is 150 Å². The molecule has 3 fully saturated rings. The summed E-state index contributed by atoms with van der Waals surface area (Å²) in [5.74, 6) is 0.686. The predicted octanol–water partition coefficient (Wildman–Crippen LogP) is 4.38. The summed E-state index contributed by atoms with van der Waals surface area (Å²) in [7, 11) is 0. The normalized spacial score (nSPS) is 37.3. The number of hydrogen-bond acceptors (Lipinski definition) is 4. The zero-order valence-electron chi connectivity index (χ0n) is 14.7. The summed E-state index contributed by atoms with van der Waals surface area (Å²) in [6.45, 7) is 0. The second-order valence-electron chi connectivity index (χ2n) is 8.09. The quantitative estimate of drug-likeness (QED) is 0.773. The third-order valence-corrected chi connectivity index (χ3v) is 7.00. The maximum absolute atomic E-state index is 10.4. The molecule has 3 aliphatic rings. The van der Waals surface area contributed by atoms with E-state index in [9.17, 15) is 10.5 Å². The van der Waals surface area contributed by atoms with Crippen LogP contribution in [0.3, 0.4) is 0 Å². The van der Waals surface area contributed by atoms with Gasteiger partial charge in [-0.25, -0.2) is 0 Å². The second kappa shape index (κ2) is 5.95. The van der Waals surface area contributed by atoms with E-state index in [-0.39, 0.29) is 0 Å². The van der Waals surface area contributed by atoms with Crippen molar-refractivity contribution in [1.82, 2.24) is 0 Å². The Kier molecular flexibility index (Phi) is 3.88. The van der Waals surface area contributed by atoms with E-state index in [1.165, 1.54) is 12.8 Å². The summed E-state index contributed by atoms with van der Waals surface area (Å²) < 4.78 is 0. The standard InChI is InChI=1S/C21H26N4/c22-14-20-11-5-3-7-16(20)13-17-8-4-6-12-21(17,15-23)25(20)19-10-2-1-9-18(19)24/h1-2,9-10,16-17H,3-8,11-13,24H2. The molecule has 1 aromatic rings. The average molecular weight is 334 g/mol. The molecule has 1 aromatic carbocycles. The zero-order chi connectivity index (χ0) is 17.5. The van der Waals surface area contributed by atoms with Crippen molar-refractivity contribution in [1.29, 1.82) is 10.5 Å². The molecule has 1 aliphatic heterocycles. The highest BCUT2D eigenvalue weighted by molar-refractivity contribution is 5.72. The summed E-state index contributed by atoms with van der Waals surface area (Å²) in [6, 6.07) is 13.2. The van der Waals surface area contributed by atoms with Gasteiger partial charge in [0.1, 0.15) is 11.1 Å². The molecule has 2 aliphatic carbocycles. The van der Waals surface area contributed by atoms with Gasteiger partial charge >= 0.3 is 0 Å². The molecule has 2 saturated carbocycles. The minimum Gasteiger partial charge on any atom is -0.397 e. The van der Waals surface area contributed by atoms with Crippen molar-refractivity contribution in [2.75, 3.05) is 10.6 Å². The maximum Gasteiger partial charge on any atom is 0.132 e. The van der Waals surface area contributed by atoms with Gasteiger partial charge in [-0.15, -0.1) is 0 Å². The van der Waals surface area contributed by atoms with E-state index in [1.54, 1.807) is 0 Å². The van der Waals surface area contributed by atoms with Crippen LogP contribution in [0, 0.1) is 34.5 Å². The zero-order valence-corrected chi connectivity index (χ0v) is 14.7. The van der Waals surface area contributed by atoms with Gasteiger partial charge in [0.05, 0.1) is 23.5 Å². The molecule has 4 unspecified atom stereocenters. The SMILES string of the molecule is N#CC12CCCCC1CC1CCCCC1(C#N)N2c1ccccc1N. The lowest BCUT2D eigenvalue weighted by molar-refractivity contribution is 0.0616. The number of hydrogen-bond donors (Lipinski definition) is 1. The molecule has 0 spiro atoms. The topological polar surface area (TPSA) is 76.8 Å². The highest BCUT2D eigenvalue weighted by atomic mass is 15.3. The molecule has 1 saturated heterocycles. The first-order valence-electron chi connectivity index (χ1n) is 9.65. The van der Waals surface area contributed by atoms with E-state index in [4.69, 9.17) is 5.73 Å². The molecule has 1 heterocycles. The molecule has 4 heteroatoms. The van der Waals surface area contributed by atoms with Crippen LogP contribution in [-0.2, 0) is 0 Å². The van der Waals surface area contributed by atoms with E-state index >= 15 is 0 Å². The largest absolute Gasteiger partial charge is 0.397 e. The number of nitrogens with zero attached hydrogens (tertiary/aromatic N) is 3. The van der Waals surface area contributed by atoms with E-state index in [2.05, 4.69) is 17.0 Å². The van der Waals surface area contributed by atoms with Crippen molar-refractivity contribution < 1.29 is 0 Å². The van der Waals surface area contributed by atoms with Gasteiger partial charge < -0.3 is 10.6 Å². The first-order chi connectivity index (χ1) is 12.2. The van der Waals surface area contributed by atoms with Crippen LogP contribution in [0.1, 0.15) is 57.8 Å². The molecule has 0 radical (unpaired) electrons. The lowest BCUT2D eigenvalue weighted by Gasteiger charge is -2.62. The van der Waals surface area contributed by atoms with Crippen molar-refractivity contribution >= 4 is 11.4 Å². The number of nitrogen functional groups attached to an aromatic ring is 1. The van der Waals surface area contributed by atoms with Crippen LogP contribution in [0.4, 0.5) is 11.4 Å². The van der Waals surface area contributed by atoms with Crippen LogP contribution in [-0.4, -0.2) is 11.1 Å². The number of anilines is 2. The van der Waals surface area contributed by atoms with E-state index < -0.39 is 11.1 Å². The Morgan fingerprint density at radius 2 is 1.48 bits per heavy atom. The highest BCUT2D eigenvalue weighted by Gasteiger charge is 2.62. The van der Waals surface area contributed by atoms with Crippen molar-refractivity contribution in [2.45, 2.75) is 68.9 Å². The number of fused-ring (bicyclic) bond motifs is 2. The van der Waals surface area contributed by atoms with Gasteiger partial charge in [0.2, 0.25) is 0 Å². The number of nitrogens with two attached hydrogens (primary N) is 1. The molecule has 0 amide bonds. The second-order valence-corrected chi connectivity index (χ2v) is 8.09. The lowest BCUT2D eigenvalue weighted by Crippen LogP contribution is -2.71. The summed E-state index contributed by atoms with van der Waals surface area (Å²) in [6.07, 6.45) is 9.39. The van der Waals surface area contributed by atoms with E-state index in [1.807, 2.05) is 24.3 Å². The van der Waals surface area contributed by atoms with Gasteiger partial charge in [0, 0.05) is 0 Å². The number of benzene rings is 1. The minimum atomic E-state index is -0.586. The Hall–Kier alpha value is -2.20. The summed E-state index contributed by atoms with van der Waals surface area (Å²) >= 11 is 0. The van der Waals surface area contributed by atoms with E-state index in [0.29, 0.717) is 17.5 Å². The van der Waals surface area contributed by atoms with Gasteiger partial charge in [-0.1, -0.05) is 37.8 Å². The van der Waals surface area contributed by atoms with Crippen LogP contribution < -0.4 is 10.6 Å². The van der Waals surface area contributed by atoms with Crippen LogP contribution in [0.2, 0.25) is 0 Å². The third kappa shape index (κ3) is 2.17. The van der Waals surface area contributed by atoms with Crippen molar-refractivity contribution in [3.05, 3.63) is 24.3 Å². The third-order valence-electron chi connectivity index (χ3n) is 7.00. The number of piperidine rings is 1. The molecule has 25 heavy (non-hydrogen) atoms. The van der Waals surface area contributed by atoms with Gasteiger partial charge in [0.25, 0.3) is 0 Å². The highest BCUT2D eigenvalue weighted by Crippen LogP contribution is 2.57. The Morgan fingerprint density at radius 3 is 2.00 bits per heavy atom. The number of para-hydroxylation sites is 2. The number of rotatable bonds is 1. The minimum absolute atomic E-state index is 0.343. The molecule has 0 bridgehead atoms. The van der Waals surface area contributed by atoms with Crippen molar-refractivity contribution in [3.63, 3.8) is 0 Å². The fraction of sp³-hybridized carbons (Fsp3) is 0.619. The van der Waals surface area contributed by atoms with Crippen molar-refractivity contribution in [3.8, 4) is 12.1 Å². The molecule has 130 valence electrons. The monoisotopic (exact) mass is 334 g/mol. The molecule has 4 atom stereocenters. The lowest BCUT2D eigenvalue weighted by atomic mass is 9.56. The average Bonchev–Trinajstić information content (AvgIpc) is 2.66. The van der Waals surface area contributed by atoms with Gasteiger partial charge in [0.15, 0.2) is 0 Å². The van der Waals surface area contributed by atoms with Gasteiger partial charge in [-0.2, -0.15) is 10.5 Å². The Balaban J connectivity index is 1.95. The van der Waals surface area contributed by atoms with Crippen LogP contribution >= 0.6 is 0 Å². The first kappa shape index (κ1) is 16.3. The van der Waals surface area contributed by atoms with Crippen LogP contribution in [0.25, 0.3) is 0 Å². The molecular formula is C21H26N4. The first-order valence-corrected chi connectivity index (χ1v) is 9.65. The Morgan fingerprint density at radius 1 is 0.920 bits per heavy atom. The van der Waals surface area contributed by atoms with Gasteiger partial charge in [-0.3, -0.25) is 0 Å². The predicted molar refractivity (Wildman–Crippen MR) is 98.6 cm³/mol. The van der Waals surface area contributed by atoms with Crippen molar-refractivity contribution in [2.24, 2.45) is 11.8 Å². The molecule has 4 rings (SSSR count). The summed E-state index contributed by atoms with van der Waals surface area (Å²) in [5.41, 5.74) is 6.77.